The number of carbonyl (C=O) groups is 1. The molecule has 1 aliphatic rings. The third-order valence-electron chi connectivity index (χ3n) is 4.37. The molecule has 9 heteroatoms. The maximum atomic E-state index is 12.7. The average Bonchev–Trinajstić information content (AvgIpc) is 2.54. The molecule has 1 aromatic heterocycles. The second-order valence-electron chi connectivity index (χ2n) is 6.48. The zero-order valence-corrected chi connectivity index (χ0v) is 15.2. The van der Waals surface area contributed by atoms with E-state index in [4.69, 9.17) is 11.6 Å². The van der Waals surface area contributed by atoms with Crippen molar-refractivity contribution in [1.82, 2.24) is 15.2 Å². The Morgan fingerprint density at radius 1 is 1.24 bits per heavy atom. The van der Waals surface area contributed by atoms with Gasteiger partial charge in [0.25, 0.3) is 0 Å². The Kier molecular flexibility index (Phi) is 6.03. The van der Waals surface area contributed by atoms with E-state index in [1.54, 1.807) is 9.80 Å². The third-order valence-corrected chi connectivity index (χ3v) is 4.64. The molecule has 0 aliphatic carbocycles. The standard InChI is InChI=1S/C16H22ClF3N4O/c1-10(2)11(3)22-15(25)24-6-4-23(5-7-24)14-13(17)8-12(9-21-14)16(18,19)20/h8-11H,4-7H2,1-3H3,(H,22,25). The highest BCUT2D eigenvalue weighted by Gasteiger charge is 2.32. The first kappa shape index (κ1) is 19.6. The van der Waals surface area contributed by atoms with E-state index in [0.29, 0.717) is 37.9 Å². The van der Waals surface area contributed by atoms with Crippen LogP contribution < -0.4 is 10.2 Å². The minimum atomic E-state index is -4.47. The van der Waals surface area contributed by atoms with Crippen LogP contribution in [0.3, 0.4) is 0 Å². The number of halogens is 4. The number of pyridine rings is 1. The van der Waals surface area contributed by atoms with E-state index >= 15 is 0 Å². The molecule has 2 rings (SSSR count). The van der Waals surface area contributed by atoms with Crippen molar-refractivity contribution in [3.05, 3.63) is 22.8 Å². The molecule has 25 heavy (non-hydrogen) atoms. The number of nitrogens with one attached hydrogen (secondary N) is 1. The van der Waals surface area contributed by atoms with Crippen LogP contribution in [0, 0.1) is 5.92 Å². The largest absolute Gasteiger partial charge is 0.417 e. The molecule has 0 radical (unpaired) electrons. The first-order chi connectivity index (χ1) is 11.6. The number of rotatable bonds is 3. The minimum Gasteiger partial charge on any atom is -0.352 e. The molecule has 1 saturated heterocycles. The van der Waals surface area contributed by atoms with Crippen LogP contribution in [-0.4, -0.2) is 48.1 Å². The predicted octanol–water partition coefficient (Wildman–Crippen LogP) is 3.63. The molecule has 1 aromatic rings. The number of alkyl halides is 3. The van der Waals surface area contributed by atoms with E-state index in [2.05, 4.69) is 10.3 Å². The Hall–Kier alpha value is -1.70. The number of anilines is 1. The summed E-state index contributed by atoms with van der Waals surface area (Å²) >= 11 is 5.97. The van der Waals surface area contributed by atoms with Gasteiger partial charge in [-0.05, 0) is 18.9 Å². The summed E-state index contributed by atoms with van der Waals surface area (Å²) in [6.07, 6.45) is -3.69. The number of amides is 2. The van der Waals surface area contributed by atoms with Gasteiger partial charge >= 0.3 is 12.2 Å². The molecule has 1 atom stereocenters. The third kappa shape index (κ3) is 4.90. The number of hydrogen-bond acceptors (Lipinski definition) is 3. The molecule has 2 heterocycles. The minimum absolute atomic E-state index is 0.0406. The van der Waals surface area contributed by atoms with Crippen molar-refractivity contribution in [3.63, 3.8) is 0 Å². The van der Waals surface area contributed by atoms with Crippen molar-refractivity contribution in [2.75, 3.05) is 31.1 Å². The molecular weight excluding hydrogens is 357 g/mol. The van der Waals surface area contributed by atoms with Crippen molar-refractivity contribution in [3.8, 4) is 0 Å². The molecule has 140 valence electrons. The molecule has 1 unspecified atom stereocenters. The van der Waals surface area contributed by atoms with Gasteiger partial charge in [0.1, 0.15) is 5.82 Å². The predicted molar refractivity (Wildman–Crippen MR) is 90.9 cm³/mol. The highest BCUT2D eigenvalue weighted by Crippen LogP contribution is 2.33. The van der Waals surface area contributed by atoms with Gasteiger partial charge in [-0.3, -0.25) is 0 Å². The number of urea groups is 1. The van der Waals surface area contributed by atoms with Crippen molar-refractivity contribution in [2.45, 2.75) is 33.0 Å². The van der Waals surface area contributed by atoms with Crippen LogP contribution in [0.25, 0.3) is 0 Å². The molecular formula is C16H22ClF3N4O. The molecule has 0 saturated carbocycles. The molecule has 1 N–H and O–H groups in total. The van der Waals surface area contributed by atoms with Crippen LogP contribution in [0.15, 0.2) is 12.3 Å². The number of hydrogen-bond donors (Lipinski definition) is 1. The highest BCUT2D eigenvalue weighted by atomic mass is 35.5. The molecule has 1 aliphatic heterocycles. The summed E-state index contributed by atoms with van der Waals surface area (Å²) in [6, 6.07) is 0.816. The number of piperazine rings is 1. The van der Waals surface area contributed by atoms with Crippen molar-refractivity contribution in [2.24, 2.45) is 5.92 Å². The van der Waals surface area contributed by atoms with E-state index in [0.717, 1.165) is 12.3 Å². The van der Waals surface area contributed by atoms with E-state index in [-0.39, 0.29) is 17.1 Å². The first-order valence-electron chi connectivity index (χ1n) is 8.12. The lowest BCUT2D eigenvalue weighted by Crippen LogP contribution is -2.54. The van der Waals surface area contributed by atoms with Crippen molar-refractivity contribution < 1.29 is 18.0 Å². The summed E-state index contributed by atoms with van der Waals surface area (Å²) in [7, 11) is 0. The molecule has 0 spiro atoms. The lowest BCUT2D eigenvalue weighted by atomic mass is 10.1. The van der Waals surface area contributed by atoms with Gasteiger partial charge in [0, 0.05) is 38.4 Å². The topological polar surface area (TPSA) is 48.5 Å². The second kappa shape index (κ2) is 7.68. The van der Waals surface area contributed by atoms with E-state index < -0.39 is 11.7 Å². The molecule has 0 aromatic carbocycles. The maximum absolute atomic E-state index is 12.7. The zero-order chi connectivity index (χ0) is 18.8. The van der Waals surface area contributed by atoms with Crippen molar-refractivity contribution >= 4 is 23.4 Å². The van der Waals surface area contributed by atoms with Gasteiger partial charge in [-0.25, -0.2) is 9.78 Å². The van der Waals surface area contributed by atoms with Crippen molar-refractivity contribution in [1.29, 1.82) is 0 Å². The van der Waals surface area contributed by atoms with Crippen LogP contribution >= 0.6 is 11.6 Å². The van der Waals surface area contributed by atoms with Gasteiger partial charge in [-0.2, -0.15) is 13.2 Å². The van der Waals surface area contributed by atoms with E-state index in [9.17, 15) is 18.0 Å². The Bertz CT molecular complexity index is 616. The van der Waals surface area contributed by atoms with E-state index in [1.165, 1.54) is 0 Å². The summed E-state index contributed by atoms with van der Waals surface area (Å²) in [4.78, 5) is 19.6. The van der Waals surface area contributed by atoms with Crippen LogP contribution in [0.5, 0.6) is 0 Å². The normalized spacial score (nSPS) is 17.0. The summed E-state index contributed by atoms with van der Waals surface area (Å²) < 4.78 is 38.0. The lowest BCUT2D eigenvalue weighted by Gasteiger charge is -2.36. The molecule has 2 amide bonds. The SMILES string of the molecule is CC(C)C(C)NC(=O)N1CCN(c2ncc(C(F)(F)F)cc2Cl)CC1. The Morgan fingerprint density at radius 3 is 2.32 bits per heavy atom. The van der Waals surface area contributed by atoms with Crippen LogP contribution in [0.1, 0.15) is 26.3 Å². The zero-order valence-electron chi connectivity index (χ0n) is 14.4. The van der Waals surface area contributed by atoms with E-state index in [1.807, 2.05) is 20.8 Å². The Balaban J connectivity index is 1.97. The van der Waals surface area contributed by atoms with Gasteiger partial charge in [0.2, 0.25) is 0 Å². The molecule has 0 bridgehead atoms. The van der Waals surface area contributed by atoms with Gasteiger partial charge in [0.05, 0.1) is 10.6 Å². The Morgan fingerprint density at radius 2 is 1.84 bits per heavy atom. The smallest absolute Gasteiger partial charge is 0.352 e. The van der Waals surface area contributed by atoms with Gasteiger partial charge in [-0.15, -0.1) is 0 Å². The Labute approximate surface area is 150 Å². The average molecular weight is 379 g/mol. The fraction of sp³-hybridized carbons (Fsp3) is 0.625. The summed E-state index contributed by atoms with van der Waals surface area (Å²) in [5.41, 5.74) is -0.873. The van der Waals surface area contributed by atoms with Gasteiger partial charge in [-0.1, -0.05) is 25.4 Å². The van der Waals surface area contributed by atoms with Gasteiger partial charge < -0.3 is 15.1 Å². The van der Waals surface area contributed by atoms with Crippen LogP contribution in [0.2, 0.25) is 5.02 Å². The summed E-state index contributed by atoms with van der Waals surface area (Å²) in [5, 5.41) is 2.90. The van der Waals surface area contributed by atoms with Crippen LogP contribution in [0.4, 0.5) is 23.8 Å². The number of nitrogens with zero attached hydrogens (tertiary/aromatic N) is 3. The van der Waals surface area contributed by atoms with Crippen LogP contribution in [-0.2, 0) is 6.18 Å². The van der Waals surface area contributed by atoms with Gasteiger partial charge in [0.15, 0.2) is 0 Å². The molecule has 1 fully saturated rings. The fourth-order valence-electron chi connectivity index (χ4n) is 2.39. The number of aromatic nitrogens is 1. The fourth-order valence-corrected chi connectivity index (χ4v) is 2.68. The quantitative estimate of drug-likeness (QED) is 0.873. The first-order valence-corrected chi connectivity index (χ1v) is 8.50. The summed E-state index contributed by atoms with van der Waals surface area (Å²) in [6.45, 7) is 7.83. The summed E-state index contributed by atoms with van der Waals surface area (Å²) in [5.74, 6) is 0.644. The maximum Gasteiger partial charge on any atom is 0.417 e. The highest BCUT2D eigenvalue weighted by molar-refractivity contribution is 6.33. The lowest BCUT2D eigenvalue weighted by molar-refractivity contribution is -0.137. The monoisotopic (exact) mass is 378 g/mol. The number of carbonyl (C=O) groups excluding carboxylic acids is 1. The second-order valence-corrected chi connectivity index (χ2v) is 6.89. The molecule has 5 nitrogen and oxygen atoms in total.